The second kappa shape index (κ2) is 9.44. The van der Waals surface area contributed by atoms with Crippen LogP contribution in [-0.2, 0) is 9.63 Å². The van der Waals surface area contributed by atoms with E-state index in [-0.39, 0.29) is 23.8 Å². The second-order valence-electron chi connectivity index (χ2n) is 5.57. The number of hydrogen-bond donors (Lipinski definition) is 2. The van der Waals surface area contributed by atoms with Crippen molar-refractivity contribution in [1.29, 1.82) is 0 Å². The molecule has 154 valence electrons. The van der Waals surface area contributed by atoms with Gasteiger partial charge in [0.05, 0.1) is 5.56 Å². The molecule has 1 amide bonds. The molecule has 0 fully saturated rings. The van der Waals surface area contributed by atoms with Gasteiger partial charge in [0.15, 0.2) is 19.0 Å². The lowest BCUT2D eigenvalue weighted by Gasteiger charge is -2.09. The molecule has 0 aliphatic rings. The average Bonchev–Trinajstić information content (AvgIpc) is 2.68. The van der Waals surface area contributed by atoms with Crippen LogP contribution >= 0.6 is 0 Å². The molecule has 0 bridgehead atoms. The van der Waals surface area contributed by atoms with Gasteiger partial charge in [-0.1, -0.05) is 11.2 Å². The molecular weight excluding hydrogens is 395 g/mol. The lowest BCUT2D eigenvalue weighted by Crippen LogP contribution is -2.20. The van der Waals surface area contributed by atoms with Crippen LogP contribution in [0.25, 0.3) is 0 Å². The van der Waals surface area contributed by atoms with Gasteiger partial charge in [0.2, 0.25) is 0 Å². The summed E-state index contributed by atoms with van der Waals surface area (Å²) in [5, 5.41) is 3.50. The maximum Gasteiger partial charge on any atom is 0.422 e. The standard InChI is InChI=1S/C18H16F3N3O5/c19-18(20,21)10-28-14-3-1-2-12(8-14)17(26)29-24-16(23)11-4-6-13(7-5-11)27-9-15(22)25/h1-8H,9-10H2,(H2,22,25)(H2,23,24). The molecule has 0 atom stereocenters. The zero-order chi connectivity index (χ0) is 21.4. The lowest BCUT2D eigenvalue weighted by atomic mass is 10.2. The number of halogens is 3. The SMILES string of the molecule is NC(=O)COc1ccc(/C(N)=N/OC(=O)c2cccc(OCC(F)(F)F)c2)cc1. The number of alkyl halides is 3. The Morgan fingerprint density at radius 2 is 1.62 bits per heavy atom. The fourth-order valence-corrected chi connectivity index (χ4v) is 1.95. The molecule has 0 saturated heterocycles. The zero-order valence-corrected chi connectivity index (χ0v) is 14.8. The van der Waals surface area contributed by atoms with Crippen LogP contribution in [0.1, 0.15) is 15.9 Å². The van der Waals surface area contributed by atoms with E-state index in [4.69, 9.17) is 21.0 Å². The van der Waals surface area contributed by atoms with E-state index in [2.05, 4.69) is 9.89 Å². The topological polar surface area (TPSA) is 126 Å². The number of amidine groups is 1. The summed E-state index contributed by atoms with van der Waals surface area (Å²) in [6, 6.07) is 11.0. The van der Waals surface area contributed by atoms with Crippen molar-refractivity contribution in [1.82, 2.24) is 0 Å². The first-order chi connectivity index (χ1) is 13.6. The minimum Gasteiger partial charge on any atom is -0.484 e. The van der Waals surface area contributed by atoms with Gasteiger partial charge in [0.1, 0.15) is 11.5 Å². The van der Waals surface area contributed by atoms with E-state index < -0.39 is 24.7 Å². The first kappa shape index (κ1) is 21.5. The molecule has 2 aromatic rings. The van der Waals surface area contributed by atoms with Gasteiger partial charge >= 0.3 is 12.1 Å². The second-order valence-corrected chi connectivity index (χ2v) is 5.57. The molecule has 0 aliphatic carbocycles. The Bertz CT molecular complexity index is 898. The minimum atomic E-state index is -4.50. The quantitative estimate of drug-likeness (QED) is 0.296. The van der Waals surface area contributed by atoms with Gasteiger partial charge in [0.25, 0.3) is 5.91 Å². The summed E-state index contributed by atoms with van der Waals surface area (Å²) in [5.74, 6) is -1.49. The van der Waals surface area contributed by atoms with Crippen LogP contribution in [0.5, 0.6) is 11.5 Å². The number of hydrogen-bond acceptors (Lipinski definition) is 6. The number of benzene rings is 2. The highest BCUT2D eigenvalue weighted by atomic mass is 19.4. The summed E-state index contributed by atoms with van der Waals surface area (Å²) >= 11 is 0. The van der Waals surface area contributed by atoms with Gasteiger partial charge in [-0.3, -0.25) is 4.79 Å². The van der Waals surface area contributed by atoms with Crippen LogP contribution in [0.4, 0.5) is 13.2 Å². The number of carbonyl (C=O) groups is 2. The molecule has 0 heterocycles. The maximum atomic E-state index is 12.2. The van der Waals surface area contributed by atoms with Gasteiger partial charge in [-0.15, -0.1) is 0 Å². The Labute approximate surface area is 162 Å². The smallest absolute Gasteiger partial charge is 0.422 e. The van der Waals surface area contributed by atoms with Crippen molar-refractivity contribution in [3.63, 3.8) is 0 Å². The zero-order valence-electron chi connectivity index (χ0n) is 14.8. The predicted molar refractivity (Wildman–Crippen MR) is 95.3 cm³/mol. The van der Waals surface area contributed by atoms with Crippen LogP contribution in [-0.4, -0.2) is 37.1 Å². The van der Waals surface area contributed by atoms with Gasteiger partial charge in [0, 0.05) is 5.56 Å². The first-order valence-corrected chi connectivity index (χ1v) is 8.00. The van der Waals surface area contributed by atoms with Gasteiger partial charge in [-0.25, -0.2) is 4.79 Å². The fraction of sp³-hybridized carbons (Fsp3) is 0.167. The molecule has 4 N–H and O–H groups in total. The number of primary amides is 1. The van der Waals surface area contributed by atoms with E-state index in [1.165, 1.54) is 42.5 Å². The number of nitrogens with zero attached hydrogens (tertiary/aromatic N) is 1. The largest absolute Gasteiger partial charge is 0.484 e. The number of oxime groups is 1. The van der Waals surface area contributed by atoms with Gasteiger partial charge in [-0.05, 0) is 42.5 Å². The monoisotopic (exact) mass is 411 g/mol. The van der Waals surface area contributed by atoms with Crippen molar-refractivity contribution in [2.24, 2.45) is 16.6 Å². The first-order valence-electron chi connectivity index (χ1n) is 8.00. The minimum absolute atomic E-state index is 0.0728. The molecule has 0 saturated carbocycles. The molecule has 29 heavy (non-hydrogen) atoms. The highest BCUT2D eigenvalue weighted by Crippen LogP contribution is 2.20. The van der Waals surface area contributed by atoms with Crippen molar-refractivity contribution < 1.29 is 37.1 Å². The van der Waals surface area contributed by atoms with E-state index in [0.29, 0.717) is 11.3 Å². The summed E-state index contributed by atoms with van der Waals surface area (Å²) in [5.41, 5.74) is 11.0. The molecule has 0 spiro atoms. The Morgan fingerprint density at radius 1 is 0.931 bits per heavy atom. The molecular formula is C18H16F3N3O5. The summed E-state index contributed by atoms with van der Waals surface area (Å²) < 4.78 is 46.2. The van der Waals surface area contributed by atoms with E-state index >= 15 is 0 Å². The number of carbonyl (C=O) groups excluding carboxylic acids is 2. The highest BCUT2D eigenvalue weighted by molar-refractivity contribution is 5.98. The van der Waals surface area contributed by atoms with E-state index in [1.54, 1.807) is 0 Å². The lowest BCUT2D eigenvalue weighted by molar-refractivity contribution is -0.153. The third-order valence-electron chi connectivity index (χ3n) is 3.23. The molecule has 2 aromatic carbocycles. The van der Waals surface area contributed by atoms with E-state index in [1.807, 2.05) is 0 Å². The summed E-state index contributed by atoms with van der Waals surface area (Å²) in [4.78, 5) is 27.4. The third-order valence-corrected chi connectivity index (χ3v) is 3.23. The fourth-order valence-electron chi connectivity index (χ4n) is 1.95. The Hall–Kier alpha value is -3.76. The molecule has 0 aliphatic heterocycles. The molecule has 2 rings (SSSR count). The summed E-state index contributed by atoms with van der Waals surface area (Å²) in [6.07, 6.45) is -4.50. The maximum absolute atomic E-state index is 12.2. The molecule has 8 nitrogen and oxygen atoms in total. The van der Waals surface area contributed by atoms with Crippen LogP contribution in [0, 0.1) is 0 Å². The highest BCUT2D eigenvalue weighted by Gasteiger charge is 2.28. The van der Waals surface area contributed by atoms with Crippen molar-refractivity contribution >= 4 is 17.7 Å². The number of ether oxygens (including phenoxy) is 2. The van der Waals surface area contributed by atoms with Crippen LogP contribution < -0.4 is 20.9 Å². The van der Waals surface area contributed by atoms with Crippen LogP contribution in [0.2, 0.25) is 0 Å². The van der Waals surface area contributed by atoms with Gasteiger partial charge in [-0.2, -0.15) is 13.2 Å². The third kappa shape index (κ3) is 7.40. The molecule has 0 unspecified atom stereocenters. The normalized spacial score (nSPS) is 11.6. The summed E-state index contributed by atoms with van der Waals surface area (Å²) in [7, 11) is 0. The number of nitrogens with two attached hydrogens (primary N) is 2. The Kier molecular flexibility index (Phi) is 7.01. The number of amides is 1. The van der Waals surface area contributed by atoms with E-state index in [9.17, 15) is 22.8 Å². The van der Waals surface area contributed by atoms with Crippen LogP contribution in [0.15, 0.2) is 53.7 Å². The molecule has 11 heteroatoms. The van der Waals surface area contributed by atoms with Crippen molar-refractivity contribution in [3.8, 4) is 11.5 Å². The van der Waals surface area contributed by atoms with Gasteiger partial charge < -0.3 is 25.8 Å². The summed E-state index contributed by atoms with van der Waals surface area (Å²) in [6.45, 7) is -1.78. The Morgan fingerprint density at radius 3 is 2.24 bits per heavy atom. The van der Waals surface area contributed by atoms with Crippen molar-refractivity contribution in [3.05, 3.63) is 59.7 Å². The van der Waals surface area contributed by atoms with Crippen LogP contribution in [0.3, 0.4) is 0 Å². The average molecular weight is 411 g/mol. The van der Waals surface area contributed by atoms with Crippen molar-refractivity contribution in [2.75, 3.05) is 13.2 Å². The predicted octanol–water partition coefficient (Wildman–Crippen LogP) is 1.97. The molecule has 0 aromatic heterocycles. The Balaban J connectivity index is 1.98. The molecule has 0 radical (unpaired) electrons. The number of rotatable bonds is 8. The van der Waals surface area contributed by atoms with Crippen molar-refractivity contribution in [2.45, 2.75) is 6.18 Å². The van der Waals surface area contributed by atoms with E-state index in [0.717, 1.165) is 6.07 Å².